The molecule has 0 bridgehead atoms. The van der Waals surface area contributed by atoms with Crippen LogP contribution in [-0.2, 0) is 12.4 Å². The number of nitrogens with two attached hydrogens (primary N) is 1. The molecule has 0 radical (unpaired) electrons. The second kappa shape index (κ2) is 10.4. The predicted molar refractivity (Wildman–Crippen MR) is 118 cm³/mol. The number of anilines is 1. The third-order valence-corrected chi connectivity index (χ3v) is 6.14. The Morgan fingerprint density at radius 1 is 1.06 bits per heavy atom. The molecule has 2 N–H and O–H groups in total. The van der Waals surface area contributed by atoms with Crippen molar-refractivity contribution in [2.24, 2.45) is 5.73 Å². The van der Waals surface area contributed by atoms with Crippen molar-refractivity contribution in [3.8, 4) is 5.75 Å². The average Bonchev–Trinajstić information content (AvgIpc) is 2.78. The van der Waals surface area contributed by atoms with Crippen molar-refractivity contribution in [3.63, 3.8) is 0 Å². The quantitative estimate of drug-likeness (QED) is 0.438. The lowest BCUT2D eigenvalue weighted by atomic mass is 9.96. The van der Waals surface area contributed by atoms with E-state index in [1.807, 2.05) is 18.7 Å². The largest absolute Gasteiger partial charge is 0.490 e. The zero-order valence-electron chi connectivity index (χ0n) is 19.1. The topological polar surface area (TPSA) is 51.4 Å². The van der Waals surface area contributed by atoms with Crippen molar-refractivity contribution >= 4 is 5.82 Å². The number of pyridine rings is 1. The zero-order chi connectivity index (χ0) is 25.1. The molecule has 1 aliphatic heterocycles. The van der Waals surface area contributed by atoms with Gasteiger partial charge >= 0.3 is 12.4 Å². The molecule has 10 heteroatoms. The van der Waals surface area contributed by atoms with E-state index in [4.69, 9.17) is 10.5 Å². The molecule has 2 aromatic rings. The number of rotatable bonds is 7. The summed E-state index contributed by atoms with van der Waals surface area (Å²) < 4.78 is 84.4. The first kappa shape index (κ1) is 26.1. The highest BCUT2D eigenvalue weighted by atomic mass is 19.4. The van der Waals surface area contributed by atoms with Crippen LogP contribution in [0, 0.1) is 0 Å². The fourth-order valence-electron chi connectivity index (χ4n) is 4.30. The third kappa shape index (κ3) is 6.14. The normalized spacial score (nSPS) is 20.3. The summed E-state index contributed by atoms with van der Waals surface area (Å²) in [4.78, 5) is 5.96. The first-order valence-corrected chi connectivity index (χ1v) is 11.4. The van der Waals surface area contributed by atoms with Crippen molar-refractivity contribution in [2.75, 3.05) is 11.4 Å². The Labute approximate surface area is 195 Å². The molecule has 3 atom stereocenters. The van der Waals surface area contributed by atoms with E-state index >= 15 is 0 Å². The molecule has 1 saturated heterocycles. The molecule has 0 spiro atoms. The van der Waals surface area contributed by atoms with Crippen LogP contribution in [-0.4, -0.2) is 23.7 Å². The van der Waals surface area contributed by atoms with Crippen LogP contribution < -0.4 is 15.4 Å². The SMILES string of the molecule is CCCC(N)c1cc(C(F)(F)F)ccc1OC1CCN(c2ccc(C(F)(F)F)cn2)C(CC)C1. The molecule has 1 fully saturated rings. The molecule has 188 valence electrons. The summed E-state index contributed by atoms with van der Waals surface area (Å²) in [5.41, 5.74) is 4.93. The summed E-state index contributed by atoms with van der Waals surface area (Å²) in [6.07, 6.45) is -5.32. The maximum absolute atomic E-state index is 13.2. The maximum atomic E-state index is 13.2. The molecule has 1 aromatic carbocycles. The van der Waals surface area contributed by atoms with Crippen LogP contribution >= 0.6 is 0 Å². The lowest BCUT2D eigenvalue weighted by Crippen LogP contribution is -2.46. The van der Waals surface area contributed by atoms with Gasteiger partial charge in [-0.3, -0.25) is 0 Å². The van der Waals surface area contributed by atoms with E-state index in [2.05, 4.69) is 4.98 Å². The van der Waals surface area contributed by atoms with Crippen LogP contribution in [0.25, 0.3) is 0 Å². The molecule has 4 nitrogen and oxygen atoms in total. The first-order valence-electron chi connectivity index (χ1n) is 11.4. The highest BCUT2D eigenvalue weighted by molar-refractivity contribution is 5.43. The van der Waals surface area contributed by atoms with Crippen molar-refractivity contribution in [1.29, 1.82) is 0 Å². The van der Waals surface area contributed by atoms with Crippen LogP contribution in [0.1, 0.15) is 68.7 Å². The van der Waals surface area contributed by atoms with Crippen LogP contribution in [0.15, 0.2) is 36.5 Å². The number of hydrogen-bond acceptors (Lipinski definition) is 4. The van der Waals surface area contributed by atoms with Crippen LogP contribution in [0.5, 0.6) is 5.75 Å². The number of ether oxygens (including phenoxy) is 1. The van der Waals surface area contributed by atoms with Gasteiger partial charge in [-0.25, -0.2) is 4.98 Å². The number of benzene rings is 1. The molecule has 3 rings (SSSR count). The predicted octanol–water partition coefficient (Wildman–Crippen LogP) is 6.75. The van der Waals surface area contributed by atoms with Crippen molar-refractivity contribution in [1.82, 2.24) is 4.98 Å². The van der Waals surface area contributed by atoms with E-state index in [1.165, 1.54) is 12.1 Å². The van der Waals surface area contributed by atoms with Gasteiger partial charge in [0.2, 0.25) is 0 Å². The van der Waals surface area contributed by atoms with Gasteiger partial charge in [0.15, 0.2) is 0 Å². The fraction of sp³-hybridized carbons (Fsp3) is 0.542. The molecule has 1 aliphatic rings. The number of halogens is 6. The number of nitrogens with zero attached hydrogens (tertiary/aromatic N) is 2. The smallest absolute Gasteiger partial charge is 0.417 e. The van der Waals surface area contributed by atoms with E-state index in [0.29, 0.717) is 55.8 Å². The second-order valence-corrected chi connectivity index (χ2v) is 8.57. The molecule has 3 unspecified atom stereocenters. The molecular weight excluding hydrogens is 460 g/mol. The average molecular weight is 490 g/mol. The minimum absolute atomic E-state index is 0.0369. The monoisotopic (exact) mass is 489 g/mol. The van der Waals surface area contributed by atoms with Crippen molar-refractivity contribution < 1.29 is 31.1 Å². The third-order valence-electron chi connectivity index (χ3n) is 6.14. The van der Waals surface area contributed by atoms with E-state index in [1.54, 1.807) is 0 Å². The molecule has 0 saturated carbocycles. The van der Waals surface area contributed by atoms with Gasteiger partial charge in [-0.15, -0.1) is 0 Å². The minimum Gasteiger partial charge on any atom is -0.490 e. The second-order valence-electron chi connectivity index (χ2n) is 8.57. The van der Waals surface area contributed by atoms with Gasteiger partial charge in [0, 0.05) is 43.2 Å². The summed E-state index contributed by atoms with van der Waals surface area (Å²) in [5.74, 6) is 0.799. The van der Waals surface area contributed by atoms with Gasteiger partial charge in [-0.1, -0.05) is 20.3 Å². The van der Waals surface area contributed by atoms with E-state index in [-0.39, 0.29) is 12.1 Å². The minimum atomic E-state index is -4.48. The lowest BCUT2D eigenvalue weighted by Gasteiger charge is -2.40. The Balaban J connectivity index is 1.77. The maximum Gasteiger partial charge on any atom is 0.417 e. The van der Waals surface area contributed by atoms with Crippen molar-refractivity contribution in [2.45, 2.75) is 76.5 Å². The Kier molecular flexibility index (Phi) is 8.00. The number of aromatic nitrogens is 1. The van der Waals surface area contributed by atoms with E-state index < -0.39 is 29.5 Å². The molecule has 0 amide bonds. The fourth-order valence-corrected chi connectivity index (χ4v) is 4.30. The highest BCUT2D eigenvalue weighted by Crippen LogP contribution is 2.37. The van der Waals surface area contributed by atoms with E-state index in [9.17, 15) is 26.3 Å². The standard InChI is InChI=1S/C24H29F6N3O/c1-3-5-20(31)19-12-15(23(25,26)27)6-8-21(19)34-18-10-11-33(17(4-2)13-18)22-9-7-16(14-32-22)24(28,29)30/h6-9,12,14,17-18,20H,3-5,10-11,13,31H2,1-2H3. The van der Waals surface area contributed by atoms with Gasteiger partial charge in [-0.2, -0.15) is 26.3 Å². The molecular formula is C24H29F6N3O. The summed E-state index contributed by atoms with van der Waals surface area (Å²) in [5, 5.41) is 0. The van der Waals surface area contributed by atoms with E-state index in [0.717, 1.165) is 24.4 Å². The van der Waals surface area contributed by atoms with Gasteiger partial charge < -0.3 is 15.4 Å². The number of alkyl halides is 6. The van der Waals surface area contributed by atoms with Gasteiger partial charge in [0.05, 0.1) is 11.1 Å². The Morgan fingerprint density at radius 3 is 2.29 bits per heavy atom. The van der Waals surface area contributed by atoms with Crippen molar-refractivity contribution in [3.05, 3.63) is 53.2 Å². The summed E-state index contributed by atoms with van der Waals surface area (Å²) >= 11 is 0. The first-order chi connectivity index (χ1) is 15.9. The Morgan fingerprint density at radius 2 is 1.74 bits per heavy atom. The number of piperidine rings is 1. The zero-order valence-corrected chi connectivity index (χ0v) is 19.1. The highest BCUT2D eigenvalue weighted by Gasteiger charge is 2.34. The lowest BCUT2D eigenvalue weighted by molar-refractivity contribution is -0.138. The van der Waals surface area contributed by atoms with Gasteiger partial charge in [0.1, 0.15) is 17.7 Å². The Bertz CT molecular complexity index is 945. The van der Waals surface area contributed by atoms with Crippen LogP contribution in [0.4, 0.5) is 32.2 Å². The summed E-state index contributed by atoms with van der Waals surface area (Å²) in [6, 6.07) is 5.15. The molecule has 34 heavy (non-hydrogen) atoms. The van der Waals surface area contributed by atoms with Crippen LogP contribution in [0.2, 0.25) is 0 Å². The Hall–Kier alpha value is -2.49. The van der Waals surface area contributed by atoms with Gasteiger partial charge in [-0.05, 0) is 43.2 Å². The van der Waals surface area contributed by atoms with Gasteiger partial charge in [0.25, 0.3) is 0 Å². The molecule has 0 aliphatic carbocycles. The summed E-state index contributed by atoms with van der Waals surface area (Å²) in [7, 11) is 0. The molecule has 1 aromatic heterocycles. The van der Waals surface area contributed by atoms with Crippen LogP contribution in [0.3, 0.4) is 0 Å². The summed E-state index contributed by atoms with van der Waals surface area (Å²) in [6.45, 7) is 4.37. The molecule has 2 heterocycles. The number of hydrogen-bond donors (Lipinski definition) is 1.